The number of hydrogen-bond acceptors (Lipinski definition) is 3. The predicted molar refractivity (Wildman–Crippen MR) is 90.4 cm³/mol. The summed E-state index contributed by atoms with van der Waals surface area (Å²) in [5.74, 6) is 0.0787. The van der Waals surface area contributed by atoms with Crippen molar-refractivity contribution in [3.63, 3.8) is 0 Å². The number of allylic oxidation sites excluding steroid dienone is 1. The lowest BCUT2D eigenvalue weighted by molar-refractivity contribution is -0.118. The Morgan fingerprint density at radius 1 is 1.22 bits per heavy atom. The van der Waals surface area contributed by atoms with E-state index in [1.54, 1.807) is 42.5 Å². The van der Waals surface area contributed by atoms with E-state index in [0.717, 1.165) is 0 Å². The van der Waals surface area contributed by atoms with Gasteiger partial charge in [-0.05, 0) is 42.0 Å². The normalized spacial score (nSPS) is 13.4. The van der Waals surface area contributed by atoms with Gasteiger partial charge in [-0.3, -0.25) is 9.59 Å². The molecule has 0 radical (unpaired) electrons. The van der Waals surface area contributed by atoms with Gasteiger partial charge in [0.05, 0.1) is 15.7 Å². The van der Waals surface area contributed by atoms with E-state index in [-0.39, 0.29) is 18.3 Å². The van der Waals surface area contributed by atoms with Crippen LogP contribution < -0.4 is 10.1 Å². The van der Waals surface area contributed by atoms with Crippen molar-refractivity contribution in [3.8, 4) is 5.75 Å². The van der Waals surface area contributed by atoms with Crippen LogP contribution in [0.5, 0.6) is 5.75 Å². The molecule has 0 atom stereocenters. The first-order valence-electron chi connectivity index (χ1n) is 6.78. The first-order chi connectivity index (χ1) is 11.0. The van der Waals surface area contributed by atoms with Gasteiger partial charge in [-0.1, -0.05) is 35.3 Å². The number of benzene rings is 2. The highest BCUT2D eigenvalue weighted by atomic mass is 35.5. The van der Waals surface area contributed by atoms with Gasteiger partial charge in [0.2, 0.25) is 0 Å². The van der Waals surface area contributed by atoms with Gasteiger partial charge in [-0.2, -0.15) is 0 Å². The Morgan fingerprint density at radius 3 is 2.87 bits per heavy atom. The number of amides is 1. The Kier molecular flexibility index (Phi) is 4.37. The average molecular weight is 348 g/mol. The fourth-order valence-electron chi connectivity index (χ4n) is 2.15. The smallest absolute Gasteiger partial charge is 0.262 e. The summed E-state index contributed by atoms with van der Waals surface area (Å²) in [4.78, 5) is 23.6. The number of carbonyl (C=O) groups is 2. The van der Waals surface area contributed by atoms with Gasteiger partial charge in [0.15, 0.2) is 12.4 Å². The Balaban J connectivity index is 1.83. The minimum absolute atomic E-state index is 0.0204. The van der Waals surface area contributed by atoms with Gasteiger partial charge in [0, 0.05) is 5.56 Å². The van der Waals surface area contributed by atoms with Crippen LogP contribution in [0.4, 0.5) is 5.69 Å². The summed E-state index contributed by atoms with van der Waals surface area (Å²) in [6, 6.07) is 10.1. The second-order valence-corrected chi connectivity index (χ2v) is 5.67. The van der Waals surface area contributed by atoms with Crippen molar-refractivity contribution in [2.24, 2.45) is 0 Å². The van der Waals surface area contributed by atoms with Gasteiger partial charge in [-0.25, -0.2) is 0 Å². The average Bonchev–Trinajstić information content (AvgIpc) is 2.55. The molecule has 2 aromatic carbocycles. The van der Waals surface area contributed by atoms with Crippen LogP contribution in [0.25, 0.3) is 6.08 Å². The number of anilines is 1. The molecular formula is C17H11Cl2NO3. The second kappa shape index (κ2) is 6.44. The van der Waals surface area contributed by atoms with Crippen LogP contribution in [0, 0.1) is 0 Å². The standard InChI is InChI=1S/C17H11Cl2NO3/c18-12-3-1-2-10(17(12)19)4-6-14(21)11-5-7-15-13(8-11)20-16(22)9-23-15/h1-8H,9H2,(H,20,22). The van der Waals surface area contributed by atoms with E-state index in [4.69, 9.17) is 27.9 Å². The first-order valence-corrected chi connectivity index (χ1v) is 7.53. The molecule has 0 aliphatic carbocycles. The minimum Gasteiger partial charge on any atom is -0.482 e. The van der Waals surface area contributed by atoms with Crippen molar-refractivity contribution in [1.29, 1.82) is 0 Å². The van der Waals surface area contributed by atoms with E-state index < -0.39 is 0 Å². The molecule has 6 heteroatoms. The molecule has 0 fully saturated rings. The van der Waals surface area contributed by atoms with E-state index in [1.165, 1.54) is 6.08 Å². The zero-order valence-corrected chi connectivity index (χ0v) is 13.3. The van der Waals surface area contributed by atoms with Crippen LogP contribution in [-0.2, 0) is 4.79 Å². The molecular weight excluding hydrogens is 337 g/mol. The van der Waals surface area contributed by atoms with Gasteiger partial charge in [0.1, 0.15) is 5.75 Å². The molecule has 1 aliphatic rings. The Morgan fingerprint density at radius 2 is 2.04 bits per heavy atom. The van der Waals surface area contributed by atoms with Gasteiger partial charge < -0.3 is 10.1 Å². The van der Waals surface area contributed by atoms with Gasteiger partial charge in [-0.15, -0.1) is 0 Å². The lowest BCUT2D eigenvalue weighted by Gasteiger charge is -2.17. The summed E-state index contributed by atoms with van der Waals surface area (Å²) in [7, 11) is 0. The summed E-state index contributed by atoms with van der Waals surface area (Å²) >= 11 is 12.0. The van der Waals surface area contributed by atoms with Crippen molar-refractivity contribution < 1.29 is 14.3 Å². The first kappa shape index (κ1) is 15.6. The van der Waals surface area contributed by atoms with E-state index >= 15 is 0 Å². The summed E-state index contributed by atoms with van der Waals surface area (Å²) in [5, 5.41) is 3.49. The second-order valence-electron chi connectivity index (χ2n) is 4.89. The lowest BCUT2D eigenvalue weighted by Crippen LogP contribution is -2.25. The number of ether oxygens (including phenoxy) is 1. The maximum atomic E-state index is 12.3. The van der Waals surface area contributed by atoms with Crippen molar-refractivity contribution in [1.82, 2.24) is 0 Å². The Hall–Kier alpha value is -2.30. The molecule has 2 aromatic rings. The van der Waals surface area contributed by atoms with E-state index in [9.17, 15) is 9.59 Å². The van der Waals surface area contributed by atoms with Crippen LogP contribution in [0.1, 0.15) is 15.9 Å². The molecule has 23 heavy (non-hydrogen) atoms. The quantitative estimate of drug-likeness (QED) is 0.667. The molecule has 0 unspecified atom stereocenters. The topological polar surface area (TPSA) is 55.4 Å². The molecule has 116 valence electrons. The van der Waals surface area contributed by atoms with Crippen LogP contribution in [-0.4, -0.2) is 18.3 Å². The fraction of sp³-hybridized carbons (Fsp3) is 0.0588. The maximum absolute atomic E-state index is 12.3. The molecule has 0 saturated carbocycles. The third kappa shape index (κ3) is 3.38. The highest BCUT2D eigenvalue weighted by Gasteiger charge is 2.17. The highest BCUT2D eigenvalue weighted by Crippen LogP contribution is 2.29. The molecule has 3 rings (SSSR count). The largest absolute Gasteiger partial charge is 0.482 e. The number of halogens is 2. The van der Waals surface area contributed by atoms with Crippen molar-refractivity contribution in [2.45, 2.75) is 0 Å². The molecule has 0 bridgehead atoms. The number of rotatable bonds is 3. The van der Waals surface area contributed by atoms with Crippen LogP contribution in [0.2, 0.25) is 10.0 Å². The lowest BCUT2D eigenvalue weighted by atomic mass is 10.1. The predicted octanol–water partition coefficient (Wildman–Crippen LogP) is 4.22. The third-order valence-corrected chi connectivity index (χ3v) is 4.13. The molecule has 1 aliphatic heterocycles. The molecule has 1 amide bonds. The zero-order chi connectivity index (χ0) is 16.4. The van der Waals surface area contributed by atoms with Crippen molar-refractivity contribution in [2.75, 3.05) is 11.9 Å². The van der Waals surface area contributed by atoms with E-state index in [2.05, 4.69) is 5.32 Å². The Bertz CT molecular complexity index is 831. The van der Waals surface area contributed by atoms with Crippen LogP contribution in [0.15, 0.2) is 42.5 Å². The van der Waals surface area contributed by atoms with Crippen molar-refractivity contribution in [3.05, 3.63) is 63.6 Å². The number of ketones is 1. The fourth-order valence-corrected chi connectivity index (χ4v) is 2.52. The van der Waals surface area contributed by atoms with E-state index in [1.807, 2.05) is 0 Å². The maximum Gasteiger partial charge on any atom is 0.262 e. The molecule has 4 nitrogen and oxygen atoms in total. The summed E-state index contributed by atoms with van der Waals surface area (Å²) < 4.78 is 5.26. The van der Waals surface area contributed by atoms with E-state index in [0.29, 0.717) is 32.6 Å². The summed E-state index contributed by atoms with van der Waals surface area (Å²) in [5.41, 5.74) is 1.58. The number of fused-ring (bicyclic) bond motifs is 1. The number of carbonyl (C=O) groups excluding carboxylic acids is 2. The summed E-state index contributed by atoms with van der Waals surface area (Å²) in [6.45, 7) is -0.0204. The van der Waals surface area contributed by atoms with Crippen LogP contribution >= 0.6 is 23.2 Å². The number of nitrogens with one attached hydrogen (secondary N) is 1. The third-order valence-electron chi connectivity index (χ3n) is 3.29. The zero-order valence-electron chi connectivity index (χ0n) is 11.8. The molecule has 0 spiro atoms. The van der Waals surface area contributed by atoms with Crippen molar-refractivity contribution >= 4 is 46.7 Å². The van der Waals surface area contributed by atoms with Gasteiger partial charge in [0.25, 0.3) is 5.91 Å². The monoisotopic (exact) mass is 347 g/mol. The Labute approximate surface area is 142 Å². The molecule has 1 N–H and O–H groups in total. The molecule has 0 saturated heterocycles. The summed E-state index contributed by atoms with van der Waals surface area (Å²) in [6.07, 6.45) is 3.01. The van der Waals surface area contributed by atoms with Gasteiger partial charge >= 0.3 is 0 Å². The highest BCUT2D eigenvalue weighted by molar-refractivity contribution is 6.42. The SMILES string of the molecule is O=C1COc2ccc(C(=O)C=Cc3cccc(Cl)c3Cl)cc2N1. The molecule has 1 heterocycles. The minimum atomic E-state index is -0.247. The number of hydrogen-bond donors (Lipinski definition) is 1. The molecule has 0 aromatic heterocycles. The van der Waals surface area contributed by atoms with Crippen LogP contribution in [0.3, 0.4) is 0 Å².